The molecule has 1 amide bonds. The van der Waals surface area contributed by atoms with Crippen molar-refractivity contribution in [2.75, 3.05) is 5.32 Å². The summed E-state index contributed by atoms with van der Waals surface area (Å²) in [6.07, 6.45) is 3.87. The second-order valence-electron chi connectivity index (χ2n) is 8.86. The van der Waals surface area contributed by atoms with Crippen LogP contribution in [0, 0.1) is 12.7 Å². The number of anilines is 1. The van der Waals surface area contributed by atoms with E-state index in [9.17, 15) is 4.79 Å². The first-order valence-electron chi connectivity index (χ1n) is 12.3. The zero-order valence-electron chi connectivity index (χ0n) is 21.2. The molecule has 3 aromatic heterocycles. The molecule has 38 heavy (non-hydrogen) atoms. The number of nitrogens with zero attached hydrogens (tertiary/aromatic N) is 5. The molecule has 0 aliphatic rings. The molecule has 0 spiro atoms. The average Bonchev–Trinajstić information content (AvgIpc) is 3.55. The van der Waals surface area contributed by atoms with Gasteiger partial charge >= 0.3 is 0 Å². The topological polar surface area (TPSA) is 86.3 Å². The average molecular weight is 624 g/mol. The molecule has 5 rings (SSSR count). The van der Waals surface area contributed by atoms with Crippen LogP contribution < -0.4 is 5.32 Å². The zero-order chi connectivity index (χ0) is 26.9. The minimum Gasteiger partial charge on any atom is -0.293 e. The van der Waals surface area contributed by atoms with E-state index in [2.05, 4.69) is 15.4 Å². The number of benzene rings is 2. The molecule has 1 N–H and O–H groups in total. The molecule has 0 bridgehead atoms. The van der Waals surface area contributed by atoms with Crippen LogP contribution in [-0.4, -0.2) is 30.3 Å². The van der Waals surface area contributed by atoms with Gasteiger partial charge in [0.05, 0.1) is 5.52 Å². The summed E-state index contributed by atoms with van der Waals surface area (Å²) < 4.78 is 25.1. The van der Waals surface area contributed by atoms with Crippen molar-refractivity contribution < 1.29 is 12.3 Å². The Labute approximate surface area is 233 Å². The Morgan fingerprint density at radius 1 is 1.08 bits per heavy atom. The van der Waals surface area contributed by atoms with Gasteiger partial charge in [0, 0.05) is 29.4 Å². The molecule has 0 fully saturated rings. The highest BCUT2D eigenvalue weighted by Crippen LogP contribution is 2.46. The lowest BCUT2D eigenvalue weighted by atomic mass is 9.79. The van der Waals surface area contributed by atoms with Gasteiger partial charge in [0.25, 0.3) is 5.91 Å². The predicted molar refractivity (Wildman–Crippen MR) is 151 cm³/mol. The zero-order valence-corrected chi connectivity index (χ0v) is 23.3. The first-order chi connectivity index (χ1) is 18.4. The van der Waals surface area contributed by atoms with Crippen molar-refractivity contribution in [3.05, 3.63) is 113 Å². The van der Waals surface area contributed by atoms with E-state index < -0.39 is 11.4 Å². The molecule has 8 nitrogen and oxygen atoms in total. The van der Waals surface area contributed by atoms with E-state index in [0.29, 0.717) is 29.8 Å². The lowest BCUT2D eigenvalue weighted by Gasteiger charge is -2.33. The number of rotatable bonds is 8. The number of amides is 1. The molecule has 3 heterocycles. The summed E-state index contributed by atoms with van der Waals surface area (Å²) in [5, 5.41) is 11.9. The number of pyridine rings is 1. The number of fused-ring (bicyclic) bond motifs is 1. The number of nitrogens with one attached hydrogen (secondary N) is 1. The highest BCUT2D eigenvalue weighted by Gasteiger charge is 2.45. The largest absolute Gasteiger partial charge is 0.293 e. The quantitative estimate of drug-likeness (QED) is 0.219. The van der Waals surface area contributed by atoms with Crippen LogP contribution in [0.4, 0.5) is 10.3 Å². The van der Waals surface area contributed by atoms with E-state index in [1.54, 1.807) is 52.1 Å². The van der Waals surface area contributed by atoms with Crippen LogP contribution >= 0.6 is 23.0 Å². The first kappa shape index (κ1) is 26.0. The maximum Gasteiger partial charge on any atom is 0.258 e. The maximum absolute atomic E-state index is 15.5. The second-order valence-corrected chi connectivity index (χ2v) is 9.30. The maximum atomic E-state index is 15.5. The van der Waals surface area contributed by atoms with E-state index in [-0.39, 0.29) is 11.9 Å². The third kappa shape index (κ3) is 4.37. The van der Waals surface area contributed by atoms with Crippen LogP contribution in [0.1, 0.15) is 52.2 Å². The van der Waals surface area contributed by atoms with Crippen LogP contribution in [0.3, 0.4) is 0 Å². The lowest BCUT2D eigenvalue weighted by molar-refractivity contribution is 0.102. The van der Waals surface area contributed by atoms with Crippen molar-refractivity contribution >= 4 is 40.4 Å². The van der Waals surface area contributed by atoms with Gasteiger partial charge in [-0.25, -0.2) is 13.9 Å². The van der Waals surface area contributed by atoms with Crippen molar-refractivity contribution in [1.82, 2.24) is 24.4 Å². The van der Waals surface area contributed by atoms with Crippen LogP contribution in [0.5, 0.6) is 0 Å². The molecule has 0 aliphatic carbocycles. The summed E-state index contributed by atoms with van der Waals surface area (Å²) in [5.74, 6) is -0.501. The first-order valence-corrected chi connectivity index (χ1v) is 13.1. The van der Waals surface area contributed by atoms with Gasteiger partial charge in [-0.1, -0.05) is 49.4 Å². The number of carbonyl (C=O) groups is 1. The molecule has 0 aliphatic heterocycles. The third-order valence-electron chi connectivity index (χ3n) is 6.67. The fourth-order valence-corrected chi connectivity index (χ4v) is 5.46. The van der Waals surface area contributed by atoms with Crippen molar-refractivity contribution in [1.29, 1.82) is 0 Å². The summed E-state index contributed by atoms with van der Waals surface area (Å²) in [6.45, 7) is 6.57. The molecule has 0 saturated carbocycles. The molecular formula is C28H26FIN6O2. The molecule has 0 radical (unpaired) electrons. The molecule has 5 aromatic rings. The van der Waals surface area contributed by atoms with Crippen LogP contribution in [0.15, 0.2) is 73.2 Å². The number of hydrogen-bond donors (Lipinski definition) is 1. The monoisotopic (exact) mass is 624 g/mol. The molecule has 10 heteroatoms. The number of carbonyl (C=O) groups excluding carboxylic acids is 1. The van der Waals surface area contributed by atoms with Crippen molar-refractivity contribution in [3.63, 3.8) is 0 Å². The van der Waals surface area contributed by atoms with E-state index >= 15 is 4.39 Å². The number of halogens is 2. The summed E-state index contributed by atoms with van der Waals surface area (Å²) in [4.78, 5) is 17.2. The van der Waals surface area contributed by atoms with E-state index in [0.717, 1.165) is 22.2 Å². The van der Waals surface area contributed by atoms with Crippen molar-refractivity contribution in [3.8, 4) is 0 Å². The second kappa shape index (κ2) is 10.6. The lowest BCUT2D eigenvalue weighted by Crippen LogP contribution is -2.33. The Morgan fingerprint density at radius 3 is 2.47 bits per heavy atom. The minimum absolute atomic E-state index is 0.234. The standard InChI is InChI=1S/C28H26FIN6O2/c1-4-20-24-16-19(26(37)32-27-31-17-35(5-2)34-27)14-15-36(24)33-25(20)28(38-30,21-11-7-6-10-18(21)3)22-12-8-9-13-23(22)29/h6-17H,4-5H2,1-3H3,(H,32,34,37). The van der Waals surface area contributed by atoms with Gasteiger partial charge in [0.1, 0.15) is 40.8 Å². The van der Waals surface area contributed by atoms with Gasteiger partial charge < -0.3 is 0 Å². The molecule has 1 unspecified atom stereocenters. The van der Waals surface area contributed by atoms with Crippen molar-refractivity contribution in [2.45, 2.75) is 39.3 Å². The van der Waals surface area contributed by atoms with E-state index in [1.807, 2.05) is 68.0 Å². The Kier molecular flexibility index (Phi) is 7.26. The normalized spacial score (nSPS) is 13.0. The van der Waals surface area contributed by atoms with Crippen LogP contribution in [-0.2, 0) is 21.6 Å². The number of aromatic nitrogens is 5. The molecular weight excluding hydrogens is 598 g/mol. The summed E-state index contributed by atoms with van der Waals surface area (Å²) in [7, 11) is 0. The smallest absolute Gasteiger partial charge is 0.258 e. The Hall–Kier alpha value is -3.64. The highest BCUT2D eigenvalue weighted by atomic mass is 127. The van der Waals surface area contributed by atoms with Gasteiger partial charge in [-0.2, -0.15) is 5.10 Å². The number of hydrogen-bond acceptors (Lipinski definition) is 5. The van der Waals surface area contributed by atoms with Crippen molar-refractivity contribution in [2.24, 2.45) is 0 Å². The minimum atomic E-state index is -1.33. The van der Waals surface area contributed by atoms with Gasteiger partial charge in [0.2, 0.25) is 5.95 Å². The fourth-order valence-electron chi connectivity index (χ4n) is 4.78. The summed E-state index contributed by atoms with van der Waals surface area (Å²) >= 11 is 1.84. The molecule has 0 saturated heterocycles. The highest BCUT2D eigenvalue weighted by molar-refractivity contribution is 14.1. The Balaban J connectivity index is 1.70. The fraction of sp³-hybridized carbons (Fsp3) is 0.214. The molecule has 2 aromatic carbocycles. The van der Waals surface area contributed by atoms with Gasteiger partial charge in [-0.15, -0.1) is 5.10 Å². The van der Waals surface area contributed by atoms with Gasteiger partial charge in [0.15, 0.2) is 5.60 Å². The van der Waals surface area contributed by atoms with E-state index in [4.69, 9.17) is 8.16 Å². The Morgan fingerprint density at radius 2 is 1.82 bits per heavy atom. The van der Waals surface area contributed by atoms with Gasteiger partial charge in [-0.3, -0.25) is 17.9 Å². The van der Waals surface area contributed by atoms with Gasteiger partial charge in [-0.05, 0) is 49.6 Å². The van der Waals surface area contributed by atoms with Crippen LogP contribution in [0.2, 0.25) is 0 Å². The Bertz CT molecular complexity index is 1580. The molecule has 1 atom stereocenters. The summed E-state index contributed by atoms with van der Waals surface area (Å²) in [6, 6.07) is 17.8. The van der Waals surface area contributed by atoms with E-state index in [1.165, 1.54) is 6.07 Å². The summed E-state index contributed by atoms with van der Waals surface area (Å²) in [5.41, 5.74) is 3.31. The third-order valence-corrected chi connectivity index (χ3v) is 7.33. The SMILES string of the molecule is CCc1c(C(OI)(c2ccccc2C)c2ccccc2F)nn2ccc(C(=O)Nc3ncn(CC)n3)cc12. The number of aryl methyl sites for hydroxylation is 3. The predicted octanol–water partition coefficient (Wildman–Crippen LogP) is 5.87. The molecule has 194 valence electrons. The van der Waals surface area contributed by atoms with Crippen LogP contribution in [0.25, 0.3) is 5.52 Å².